The van der Waals surface area contributed by atoms with Crippen LogP contribution in [0, 0.1) is 23.7 Å². The molecule has 28 heavy (non-hydrogen) atoms. The Kier molecular flexibility index (Phi) is 8.83. The highest BCUT2D eigenvalue weighted by Gasteiger charge is 2.00. The molecule has 0 unspecified atom stereocenters. The third-order valence-electron chi connectivity index (χ3n) is 4.01. The molecule has 0 spiro atoms. The number of allylic oxidation sites excluding steroid dienone is 2. The van der Waals surface area contributed by atoms with Crippen molar-refractivity contribution in [1.29, 1.82) is 0 Å². The fourth-order valence-electron chi connectivity index (χ4n) is 2.50. The molecule has 0 heterocycles. The minimum atomic E-state index is -1.17. The number of halogens is 2. The first kappa shape index (κ1) is 21.3. The number of aryl methyl sites for hydroxylation is 1. The molecule has 0 aliphatic heterocycles. The standard InChI is InChI=1S/C25H24F2O/c1-3-5-6-7-20-8-10-21(11-9-20)14-18-24(26)25(27)19-15-22-12-16-23(17-13-22)28-4-2/h8-13,16-17H,3-7H2,1-2H3. The van der Waals surface area contributed by atoms with Crippen LogP contribution in [0.3, 0.4) is 0 Å². The summed E-state index contributed by atoms with van der Waals surface area (Å²) in [5, 5.41) is 0. The first-order valence-electron chi connectivity index (χ1n) is 9.53. The minimum Gasteiger partial charge on any atom is -0.494 e. The number of rotatable bonds is 6. The first-order chi connectivity index (χ1) is 13.6. The van der Waals surface area contributed by atoms with Crippen LogP contribution in [0.1, 0.15) is 49.8 Å². The molecule has 0 N–H and O–H groups in total. The molecular weight excluding hydrogens is 354 g/mol. The van der Waals surface area contributed by atoms with Crippen LogP contribution in [-0.4, -0.2) is 6.61 Å². The second-order valence-electron chi connectivity index (χ2n) is 6.24. The zero-order valence-corrected chi connectivity index (χ0v) is 16.3. The van der Waals surface area contributed by atoms with Gasteiger partial charge in [0, 0.05) is 11.1 Å². The van der Waals surface area contributed by atoms with E-state index in [1.165, 1.54) is 18.4 Å². The fraction of sp³-hybridized carbons (Fsp3) is 0.280. The van der Waals surface area contributed by atoms with Crippen LogP contribution in [0.15, 0.2) is 60.2 Å². The van der Waals surface area contributed by atoms with Gasteiger partial charge in [0.25, 0.3) is 0 Å². The third kappa shape index (κ3) is 7.29. The summed E-state index contributed by atoms with van der Waals surface area (Å²) in [6, 6.07) is 14.4. The van der Waals surface area contributed by atoms with Gasteiger partial charge in [0.1, 0.15) is 5.75 Å². The quantitative estimate of drug-likeness (QED) is 0.419. The Morgan fingerprint density at radius 1 is 0.786 bits per heavy atom. The van der Waals surface area contributed by atoms with E-state index in [0.29, 0.717) is 23.5 Å². The highest BCUT2D eigenvalue weighted by molar-refractivity contribution is 5.46. The highest BCUT2D eigenvalue weighted by atomic mass is 19.2. The van der Waals surface area contributed by atoms with E-state index in [0.717, 1.165) is 12.8 Å². The number of ether oxygens (including phenoxy) is 1. The van der Waals surface area contributed by atoms with Gasteiger partial charge in [-0.15, -0.1) is 0 Å². The lowest BCUT2D eigenvalue weighted by Gasteiger charge is -2.01. The molecule has 0 aliphatic rings. The Hall–Kier alpha value is -3.04. The van der Waals surface area contributed by atoms with Gasteiger partial charge in [-0.25, -0.2) is 0 Å². The van der Waals surface area contributed by atoms with Gasteiger partial charge in [-0.05, 0) is 73.6 Å². The molecule has 0 atom stereocenters. The normalized spacial score (nSPS) is 10.9. The second kappa shape index (κ2) is 11.6. The van der Waals surface area contributed by atoms with Crippen LogP contribution in [0.25, 0.3) is 0 Å². The van der Waals surface area contributed by atoms with Crippen molar-refractivity contribution < 1.29 is 13.5 Å². The second-order valence-corrected chi connectivity index (χ2v) is 6.24. The SMILES string of the molecule is CCCCCc1ccc(C#CC(F)=C(F)C#Cc2ccc(OCC)cc2)cc1. The Bertz CT molecular complexity index is 901. The van der Waals surface area contributed by atoms with Crippen LogP contribution in [0.5, 0.6) is 5.75 Å². The molecule has 2 aromatic carbocycles. The molecule has 0 fully saturated rings. The summed E-state index contributed by atoms with van der Waals surface area (Å²) >= 11 is 0. The summed E-state index contributed by atoms with van der Waals surface area (Å²) in [6.45, 7) is 4.62. The Labute approximate surface area is 166 Å². The van der Waals surface area contributed by atoms with E-state index in [1.807, 2.05) is 31.2 Å². The number of hydrogen-bond donors (Lipinski definition) is 0. The van der Waals surface area contributed by atoms with Crippen molar-refractivity contribution in [3.63, 3.8) is 0 Å². The van der Waals surface area contributed by atoms with Crippen molar-refractivity contribution in [3.05, 3.63) is 76.9 Å². The number of hydrogen-bond acceptors (Lipinski definition) is 1. The van der Waals surface area contributed by atoms with Crippen molar-refractivity contribution in [1.82, 2.24) is 0 Å². The molecule has 144 valence electrons. The molecular formula is C25H24F2O. The predicted molar refractivity (Wildman–Crippen MR) is 110 cm³/mol. The van der Waals surface area contributed by atoms with E-state index in [2.05, 4.69) is 30.6 Å². The lowest BCUT2D eigenvalue weighted by molar-refractivity contribution is 0.340. The Balaban J connectivity index is 2.01. The van der Waals surface area contributed by atoms with Gasteiger partial charge in [-0.3, -0.25) is 0 Å². The van der Waals surface area contributed by atoms with E-state index in [4.69, 9.17) is 4.74 Å². The smallest absolute Gasteiger partial charge is 0.217 e. The van der Waals surface area contributed by atoms with Crippen molar-refractivity contribution in [2.75, 3.05) is 6.61 Å². The van der Waals surface area contributed by atoms with Crippen molar-refractivity contribution in [3.8, 4) is 29.4 Å². The Morgan fingerprint density at radius 2 is 1.32 bits per heavy atom. The molecule has 0 bridgehead atoms. The summed E-state index contributed by atoms with van der Waals surface area (Å²) < 4.78 is 33.0. The van der Waals surface area contributed by atoms with Crippen LogP contribution >= 0.6 is 0 Å². The molecule has 0 amide bonds. The van der Waals surface area contributed by atoms with Crippen molar-refractivity contribution in [2.24, 2.45) is 0 Å². The molecule has 2 aromatic rings. The van der Waals surface area contributed by atoms with E-state index < -0.39 is 11.7 Å². The van der Waals surface area contributed by atoms with Gasteiger partial charge >= 0.3 is 0 Å². The third-order valence-corrected chi connectivity index (χ3v) is 4.01. The summed E-state index contributed by atoms with van der Waals surface area (Å²) in [4.78, 5) is 0. The minimum absolute atomic E-state index is 0.563. The lowest BCUT2D eigenvalue weighted by Crippen LogP contribution is -1.90. The fourth-order valence-corrected chi connectivity index (χ4v) is 2.50. The molecule has 0 radical (unpaired) electrons. The lowest BCUT2D eigenvalue weighted by atomic mass is 10.1. The first-order valence-corrected chi connectivity index (χ1v) is 9.53. The van der Waals surface area contributed by atoms with Crippen molar-refractivity contribution in [2.45, 2.75) is 39.5 Å². The molecule has 3 heteroatoms. The maximum atomic E-state index is 13.8. The monoisotopic (exact) mass is 378 g/mol. The average molecular weight is 378 g/mol. The summed E-state index contributed by atoms with van der Waals surface area (Å²) in [5.41, 5.74) is 2.43. The molecule has 0 saturated carbocycles. The van der Waals surface area contributed by atoms with Crippen LogP contribution < -0.4 is 4.74 Å². The van der Waals surface area contributed by atoms with Gasteiger partial charge in [-0.1, -0.05) is 43.7 Å². The van der Waals surface area contributed by atoms with Gasteiger partial charge in [0.15, 0.2) is 0 Å². The van der Waals surface area contributed by atoms with Gasteiger partial charge in [-0.2, -0.15) is 8.78 Å². The van der Waals surface area contributed by atoms with E-state index in [9.17, 15) is 8.78 Å². The average Bonchev–Trinajstić information content (AvgIpc) is 2.72. The summed E-state index contributed by atoms with van der Waals surface area (Å²) in [5.74, 6) is 7.95. The zero-order chi connectivity index (χ0) is 20.2. The van der Waals surface area contributed by atoms with Gasteiger partial charge < -0.3 is 4.74 Å². The number of unbranched alkanes of at least 4 members (excludes halogenated alkanes) is 2. The molecule has 0 aliphatic carbocycles. The van der Waals surface area contributed by atoms with Crippen molar-refractivity contribution >= 4 is 0 Å². The van der Waals surface area contributed by atoms with E-state index >= 15 is 0 Å². The predicted octanol–water partition coefficient (Wildman–Crippen LogP) is 6.37. The van der Waals surface area contributed by atoms with E-state index in [-0.39, 0.29) is 0 Å². The molecule has 0 aromatic heterocycles. The number of benzene rings is 2. The van der Waals surface area contributed by atoms with E-state index in [1.54, 1.807) is 24.3 Å². The summed E-state index contributed by atoms with van der Waals surface area (Å²) in [7, 11) is 0. The van der Waals surface area contributed by atoms with Gasteiger partial charge in [0.2, 0.25) is 11.7 Å². The maximum Gasteiger partial charge on any atom is 0.217 e. The zero-order valence-electron chi connectivity index (χ0n) is 16.3. The van der Waals surface area contributed by atoms with Crippen LogP contribution in [0.4, 0.5) is 8.78 Å². The molecule has 1 nitrogen and oxygen atoms in total. The molecule has 2 rings (SSSR count). The molecule has 0 saturated heterocycles. The summed E-state index contributed by atoms with van der Waals surface area (Å²) in [6.07, 6.45) is 4.56. The van der Waals surface area contributed by atoms with Crippen LogP contribution in [-0.2, 0) is 6.42 Å². The highest BCUT2D eigenvalue weighted by Crippen LogP contribution is 2.13. The van der Waals surface area contributed by atoms with Crippen LogP contribution in [0.2, 0.25) is 0 Å². The largest absolute Gasteiger partial charge is 0.494 e. The maximum absolute atomic E-state index is 13.8. The van der Waals surface area contributed by atoms with Gasteiger partial charge in [0.05, 0.1) is 6.61 Å². The topological polar surface area (TPSA) is 9.23 Å². The Morgan fingerprint density at radius 3 is 1.82 bits per heavy atom.